The number of anilines is 1. The summed E-state index contributed by atoms with van der Waals surface area (Å²) in [5.74, 6) is 1.22. The molecule has 0 saturated heterocycles. The summed E-state index contributed by atoms with van der Waals surface area (Å²) in [6.45, 7) is 0.622. The molecular weight excluding hydrogens is 378 g/mol. The normalized spacial score (nSPS) is 10.9. The van der Waals surface area contributed by atoms with Gasteiger partial charge in [-0.25, -0.2) is 0 Å². The quantitative estimate of drug-likeness (QED) is 0.221. The van der Waals surface area contributed by atoms with Crippen molar-refractivity contribution in [2.45, 2.75) is 6.54 Å². The van der Waals surface area contributed by atoms with Crippen molar-refractivity contribution in [3.05, 3.63) is 118 Å². The van der Waals surface area contributed by atoms with Gasteiger partial charge in [-0.15, -0.1) is 0 Å². The molecule has 0 aliphatic rings. The minimum Gasteiger partial charge on any atom is -0.455 e. The van der Waals surface area contributed by atoms with Gasteiger partial charge in [0.2, 0.25) is 0 Å². The molecule has 0 saturated carbocycles. The molecule has 6 nitrogen and oxygen atoms in total. The molecule has 1 heterocycles. The zero-order valence-electron chi connectivity index (χ0n) is 16.1. The van der Waals surface area contributed by atoms with Crippen molar-refractivity contribution < 1.29 is 9.34 Å². The minimum absolute atomic E-state index is 0.0477. The third-order valence-corrected chi connectivity index (χ3v) is 4.54. The summed E-state index contributed by atoms with van der Waals surface area (Å²) >= 11 is 0. The molecular formula is C24H19N3O3. The van der Waals surface area contributed by atoms with E-state index in [1.165, 1.54) is 12.1 Å². The monoisotopic (exact) mass is 397 g/mol. The molecule has 1 aromatic heterocycles. The van der Waals surface area contributed by atoms with Crippen molar-refractivity contribution in [3.8, 4) is 11.3 Å². The molecule has 148 valence electrons. The first-order valence-electron chi connectivity index (χ1n) is 9.44. The number of nitro benzene ring substituents is 1. The number of nitro groups is 1. The van der Waals surface area contributed by atoms with E-state index < -0.39 is 4.92 Å². The Kier molecular flexibility index (Phi) is 5.66. The van der Waals surface area contributed by atoms with Gasteiger partial charge in [0.25, 0.3) is 5.69 Å². The number of nitrogens with zero attached hydrogens (tertiary/aromatic N) is 3. The van der Waals surface area contributed by atoms with Crippen LogP contribution in [0.15, 0.2) is 107 Å². The second kappa shape index (κ2) is 8.87. The van der Waals surface area contributed by atoms with Crippen molar-refractivity contribution in [2.75, 3.05) is 5.01 Å². The molecule has 0 unspecified atom stereocenters. The molecule has 0 fully saturated rings. The molecule has 0 spiro atoms. The van der Waals surface area contributed by atoms with Gasteiger partial charge in [0.15, 0.2) is 0 Å². The summed E-state index contributed by atoms with van der Waals surface area (Å²) < 4.78 is 5.86. The highest BCUT2D eigenvalue weighted by molar-refractivity contribution is 5.78. The first-order chi connectivity index (χ1) is 14.7. The van der Waals surface area contributed by atoms with Crippen LogP contribution in [0.2, 0.25) is 0 Å². The summed E-state index contributed by atoms with van der Waals surface area (Å²) in [5.41, 5.74) is 2.93. The fourth-order valence-electron chi connectivity index (χ4n) is 3.01. The van der Waals surface area contributed by atoms with Gasteiger partial charge in [0, 0.05) is 17.7 Å². The molecule has 6 heteroatoms. The Hall–Kier alpha value is -4.19. The van der Waals surface area contributed by atoms with Crippen LogP contribution in [0.3, 0.4) is 0 Å². The van der Waals surface area contributed by atoms with Crippen LogP contribution in [0.1, 0.15) is 11.3 Å². The van der Waals surface area contributed by atoms with E-state index in [9.17, 15) is 10.1 Å². The number of rotatable bonds is 7. The van der Waals surface area contributed by atoms with E-state index in [2.05, 4.69) is 17.2 Å². The van der Waals surface area contributed by atoms with E-state index in [-0.39, 0.29) is 5.69 Å². The van der Waals surface area contributed by atoms with Crippen molar-refractivity contribution in [1.29, 1.82) is 0 Å². The summed E-state index contributed by atoms with van der Waals surface area (Å²) in [7, 11) is 0. The topological polar surface area (TPSA) is 71.9 Å². The SMILES string of the molecule is O=[N+]([O-])c1ccc(-c2ccc(C=NN(Cc3ccccc3)c3ccccc3)o2)cc1. The Balaban J connectivity index is 1.54. The van der Waals surface area contributed by atoms with Crippen molar-refractivity contribution in [1.82, 2.24) is 0 Å². The Bertz CT molecular complexity index is 1140. The largest absolute Gasteiger partial charge is 0.455 e. The van der Waals surface area contributed by atoms with E-state index >= 15 is 0 Å². The maximum absolute atomic E-state index is 10.8. The van der Waals surface area contributed by atoms with Crippen molar-refractivity contribution >= 4 is 17.6 Å². The van der Waals surface area contributed by atoms with Crippen molar-refractivity contribution in [3.63, 3.8) is 0 Å². The van der Waals surface area contributed by atoms with Gasteiger partial charge in [-0.2, -0.15) is 5.10 Å². The lowest BCUT2D eigenvalue weighted by Gasteiger charge is -2.19. The van der Waals surface area contributed by atoms with E-state index in [4.69, 9.17) is 4.42 Å². The number of hydrazone groups is 1. The summed E-state index contributed by atoms with van der Waals surface area (Å²) in [6.07, 6.45) is 1.67. The van der Waals surface area contributed by atoms with Gasteiger partial charge in [-0.3, -0.25) is 15.1 Å². The lowest BCUT2D eigenvalue weighted by molar-refractivity contribution is -0.384. The lowest BCUT2D eigenvalue weighted by atomic mass is 10.1. The molecule has 4 aromatic rings. The highest BCUT2D eigenvalue weighted by Gasteiger charge is 2.09. The number of non-ortho nitro benzene ring substituents is 1. The van der Waals surface area contributed by atoms with Gasteiger partial charge >= 0.3 is 0 Å². The van der Waals surface area contributed by atoms with Crippen LogP contribution >= 0.6 is 0 Å². The Labute approximate surface area is 173 Å². The van der Waals surface area contributed by atoms with Crippen LogP contribution in [-0.4, -0.2) is 11.1 Å². The molecule has 30 heavy (non-hydrogen) atoms. The average molecular weight is 397 g/mol. The Morgan fingerprint density at radius 2 is 1.53 bits per heavy atom. The Morgan fingerprint density at radius 1 is 0.867 bits per heavy atom. The van der Waals surface area contributed by atoms with Gasteiger partial charge in [-0.05, 0) is 42.0 Å². The number of hydrogen-bond donors (Lipinski definition) is 0. The molecule has 0 aliphatic carbocycles. The molecule has 0 bridgehead atoms. The van der Waals surface area contributed by atoms with E-state index in [0.717, 1.165) is 16.8 Å². The molecule has 3 aromatic carbocycles. The highest BCUT2D eigenvalue weighted by Crippen LogP contribution is 2.24. The van der Waals surface area contributed by atoms with Crippen molar-refractivity contribution in [2.24, 2.45) is 5.10 Å². The predicted molar refractivity (Wildman–Crippen MR) is 117 cm³/mol. The highest BCUT2D eigenvalue weighted by atomic mass is 16.6. The Morgan fingerprint density at radius 3 is 2.20 bits per heavy atom. The first kappa shape index (κ1) is 19.1. The van der Waals surface area contributed by atoms with Gasteiger partial charge in [0.1, 0.15) is 11.5 Å². The fourth-order valence-corrected chi connectivity index (χ4v) is 3.01. The lowest BCUT2D eigenvalue weighted by Crippen LogP contribution is -2.15. The number of hydrogen-bond acceptors (Lipinski definition) is 5. The van der Waals surface area contributed by atoms with E-state index in [1.807, 2.05) is 65.7 Å². The van der Waals surface area contributed by atoms with Gasteiger partial charge in [0.05, 0.1) is 23.4 Å². The zero-order chi connectivity index (χ0) is 20.8. The van der Waals surface area contributed by atoms with E-state index in [1.54, 1.807) is 18.3 Å². The van der Waals surface area contributed by atoms with Gasteiger partial charge in [-0.1, -0.05) is 48.5 Å². The molecule has 0 radical (unpaired) electrons. The predicted octanol–water partition coefficient (Wildman–Crippen LogP) is 5.90. The minimum atomic E-state index is -0.422. The third kappa shape index (κ3) is 4.62. The molecule has 0 atom stereocenters. The maximum atomic E-state index is 10.8. The third-order valence-electron chi connectivity index (χ3n) is 4.54. The second-order valence-electron chi connectivity index (χ2n) is 6.63. The maximum Gasteiger partial charge on any atom is 0.269 e. The first-order valence-corrected chi connectivity index (χ1v) is 9.44. The van der Waals surface area contributed by atoms with Gasteiger partial charge < -0.3 is 4.42 Å². The number of benzene rings is 3. The number of para-hydroxylation sites is 1. The smallest absolute Gasteiger partial charge is 0.269 e. The second-order valence-corrected chi connectivity index (χ2v) is 6.63. The van der Waals surface area contributed by atoms with Crippen LogP contribution < -0.4 is 5.01 Å². The van der Waals surface area contributed by atoms with Crippen LogP contribution in [0.5, 0.6) is 0 Å². The molecule has 4 rings (SSSR count). The fraction of sp³-hybridized carbons (Fsp3) is 0.0417. The van der Waals surface area contributed by atoms with Crippen LogP contribution in [0.25, 0.3) is 11.3 Å². The molecule has 0 amide bonds. The summed E-state index contributed by atoms with van der Waals surface area (Å²) in [5, 5.41) is 17.3. The van der Waals surface area contributed by atoms with Crippen LogP contribution in [0.4, 0.5) is 11.4 Å². The summed E-state index contributed by atoms with van der Waals surface area (Å²) in [6, 6.07) is 30.0. The summed E-state index contributed by atoms with van der Waals surface area (Å²) in [4.78, 5) is 10.4. The van der Waals surface area contributed by atoms with Crippen LogP contribution in [-0.2, 0) is 6.54 Å². The standard InChI is InChI=1S/C24H19N3O3/c28-27(29)22-13-11-20(12-14-22)24-16-15-23(30-24)17-25-26(21-9-5-2-6-10-21)18-19-7-3-1-4-8-19/h1-17H,18H2. The number of furan rings is 1. The van der Waals surface area contributed by atoms with E-state index in [0.29, 0.717) is 18.1 Å². The average Bonchev–Trinajstić information content (AvgIpc) is 3.27. The van der Waals surface area contributed by atoms with Crippen LogP contribution in [0, 0.1) is 10.1 Å². The molecule has 0 aliphatic heterocycles. The zero-order valence-corrected chi connectivity index (χ0v) is 16.1. The molecule has 0 N–H and O–H groups in total.